The molecule has 0 saturated heterocycles. The van der Waals surface area contributed by atoms with Crippen LogP contribution in [0.1, 0.15) is 24.6 Å². The first-order valence-electron chi connectivity index (χ1n) is 4.61. The van der Waals surface area contributed by atoms with Crippen LogP contribution in [0.4, 0.5) is 5.82 Å². The highest BCUT2D eigenvalue weighted by Crippen LogP contribution is 2.24. The molecule has 2 heterocycles. The maximum absolute atomic E-state index is 4.46. The molecule has 0 radical (unpaired) electrons. The van der Waals surface area contributed by atoms with E-state index >= 15 is 0 Å². The number of nitrogens with one attached hydrogen (secondary N) is 1. The average molecular weight is 165 g/mol. The van der Waals surface area contributed by atoms with E-state index in [4.69, 9.17) is 0 Å². The predicted octanol–water partition coefficient (Wildman–Crippen LogP) is 1.34. The normalized spacial score (nSPS) is 15.5. The van der Waals surface area contributed by atoms with Gasteiger partial charge in [0.05, 0.1) is 5.69 Å². The monoisotopic (exact) mass is 165 g/mol. The van der Waals surface area contributed by atoms with Gasteiger partial charge in [-0.1, -0.05) is 6.92 Å². The molecule has 0 fully saturated rings. The molecule has 1 N–H and O–H groups in total. The lowest BCUT2D eigenvalue weighted by atomic mass is 10.1. The molecule has 1 aromatic heterocycles. The fraction of sp³-hybridized carbons (Fsp3) is 0.667. The van der Waals surface area contributed by atoms with Crippen LogP contribution in [-0.2, 0) is 19.9 Å². The zero-order chi connectivity index (χ0) is 8.55. The van der Waals surface area contributed by atoms with E-state index in [9.17, 15) is 0 Å². The van der Waals surface area contributed by atoms with Gasteiger partial charge in [-0.3, -0.25) is 4.68 Å². The molecule has 12 heavy (non-hydrogen) atoms. The molecule has 66 valence electrons. The first-order chi connectivity index (χ1) is 5.83. The maximum atomic E-state index is 4.46. The maximum Gasteiger partial charge on any atom is 0.127 e. The number of aryl methyl sites for hydroxylation is 2. The van der Waals surface area contributed by atoms with Gasteiger partial charge in [-0.15, -0.1) is 0 Å². The Bertz CT molecular complexity index is 288. The summed E-state index contributed by atoms with van der Waals surface area (Å²) in [5.41, 5.74) is 2.70. The predicted molar refractivity (Wildman–Crippen MR) is 49.4 cm³/mol. The first-order valence-corrected chi connectivity index (χ1v) is 4.61. The van der Waals surface area contributed by atoms with Gasteiger partial charge < -0.3 is 5.32 Å². The van der Waals surface area contributed by atoms with Crippen LogP contribution in [0.2, 0.25) is 0 Å². The molecule has 0 aliphatic carbocycles. The number of nitrogens with zero attached hydrogens (tertiary/aromatic N) is 2. The molecule has 1 aliphatic heterocycles. The second-order valence-electron chi connectivity index (χ2n) is 3.28. The van der Waals surface area contributed by atoms with Crippen molar-refractivity contribution in [3.05, 3.63) is 11.3 Å². The topological polar surface area (TPSA) is 29.9 Å². The summed E-state index contributed by atoms with van der Waals surface area (Å²) in [4.78, 5) is 0. The van der Waals surface area contributed by atoms with Crippen LogP contribution in [0.3, 0.4) is 0 Å². The van der Waals surface area contributed by atoms with E-state index in [-0.39, 0.29) is 0 Å². The molecule has 0 atom stereocenters. The van der Waals surface area contributed by atoms with Gasteiger partial charge in [0.1, 0.15) is 5.82 Å². The number of aromatic nitrogens is 2. The van der Waals surface area contributed by atoms with Crippen LogP contribution in [-0.4, -0.2) is 16.3 Å². The SMILES string of the molecule is CCc1nn(C)c2c1CCCN2. The van der Waals surface area contributed by atoms with Crippen molar-refractivity contribution >= 4 is 5.82 Å². The zero-order valence-electron chi connectivity index (χ0n) is 7.72. The third-order valence-corrected chi connectivity index (χ3v) is 2.46. The molecule has 0 aromatic carbocycles. The van der Waals surface area contributed by atoms with Crippen molar-refractivity contribution in [2.24, 2.45) is 7.05 Å². The van der Waals surface area contributed by atoms with Gasteiger partial charge in [-0.2, -0.15) is 5.10 Å². The third-order valence-electron chi connectivity index (χ3n) is 2.46. The lowest BCUT2D eigenvalue weighted by Gasteiger charge is -2.14. The number of hydrogen-bond donors (Lipinski definition) is 1. The minimum Gasteiger partial charge on any atom is -0.370 e. The molecule has 1 aromatic rings. The van der Waals surface area contributed by atoms with Crippen molar-refractivity contribution in [2.45, 2.75) is 26.2 Å². The van der Waals surface area contributed by atoms with E-state index < -0.39 is 0 Å². The number of fused-ring (bicyclic) bond motifs is 1. The molecule has 3 nitrogen and oxygen atoms in total. The highest BCUT2D eigenvalue weighted by Gasteiger charge is 2.17. The highest BCUT2D eigenvalue weighted by molar-refractivity contribution is 5.49. The first kappa shape index (κ1) is 7.65. The Morgan fingerprint density at radius 1 is 1.58 bits per heavy atom. The summed E-state index contributed by atoms with van der Waals surface area (Å²) < 4.78 is 1.97. The van der Waals surface area contributed by atoms with Gasteiger partial charge in [-0.25, -0.2) is 0 Å². The van der Waals surface area contributed by atoms with Crippen molar-refractivity contribution in [2.75, 3.05) is 11.9 Å². The van der Waals surface area contributed by atoms with Crippen LogP contribution < -0.4 is 5.32 Å². The molecule has 0 spiro atoms. The van der Waals surface area contributed by atoms with Gasteiger partial charge in [0.2, 0.25) is 0 Å². The smallest absolute Gasteiger partial charge is 0.127 e. The van der Waals surface area contributed by atoms with E-state index in [2.05, 4.69) is 17.3 Å². The Hall–Kier alpha value is -0.990. The summed E-state index contributed by atoms with van der Waals surface area (Å²) in [6.07, 6.45) is 3.48. The summed E-state index contributed by atoms with van der Waals surface area (Å²) in [6.45, 7) is 3.26. The highest BCUT2D eigenvalue weighted by atomic mass is 15.3. The van der Waals surface area contributed by atoms with Gasteiger partial charge in [0, 0.05) is 19.2 Å². The van der Waals surface area contributed by atoms with Crippen LogP contribution >= 0.6 is 0 Å². The van der Waals surface area contributed by atoms with Crippen molar-refractivity contribution in [1.82, 2.24) is 9.78 Å². The van der Waals surface area contributed by atoms with Crippen molar-refractivity contribution < 1.29 is 0 Å². The molecule has 0 saturated carbocycles. The third kappa shape index (κ3) is 1.00. The van der Waals surface area contributed by atoms with Crippen molar-refractivity contribution in [3.8, 4) is 0 Å². The molecular formula is C9H15N3. The summed E-state index contributed by atoms with van der Waals surface area (Å²) in [6, 6.07) is 0. The van der Waals surface area contributed by atoms with E-state index in [0.717, 1.165) is 13.0 Å². The molecule has 3 heteroatoms. The Kier molecular flexibility index (Phi) is 1.79. The largest absolute Gasteiger partial charge is 0.370 e. The number of anilines is 1. The van der Waals surface area contributed by atoms with Gasteiger partial charge in [0.15, 0.2) is 0 Å². The van der Waals surface area contributed by atoms with Gasteiger partial charge in [0.25, 0.3) is 0 Å². The van der Waals surface area contributed by atoms with Crippen molar-refractivity contribution in [1.29, 1.82) is 0 Å². The molecule has 0 amide bonds. The molecule has 0 unspecified atom stereocenters. The fourth-order valence-corrected chi connectivity index (χ4v) is 1.86. The van der Waals surface area contributed by atoms with E-state index in [1.165, 1.54) is 29.9 Å². The summed E-state index contributed by atoms with van der Waals surface area (Å²) in [7, 11) is 2.01. The molecule has 0 bridgehead atoms. The van der Waals surface area contributed by atoms with Crippen LogP contribution in [0.15, 0.2) is 0 Å². The second-order valence-corrected chi connectivity index (χ2v) is 3.28. The van der Waals surface area contributed by atoms with Crippen LogP contribution in [0.5, 0.6) is 0 Å². The van der Waals surface area contributed by atoms with E-state index in [1.807, 2.05) is 11.7 Å². The minimum atomic E-state index is 1.05. The Labute approximate surface area is 72.8 Å². The average Bonchev–Trinajstić information content (AvgIpc) is 2.44. The van der Waals surface area contributed by atoms with Crippen LogP contribution in [0.25, 0.3) is 0 Å². The Balaban J connectivity index is 2.47. The summed E-state index contributed by atoms with van der Waals surface area (Å²) in [5.74, 6) is 1.23. The zero-order valence-corrected chi connectivity index (χ0v) is 7.72. The minimum absolute atomic E-state index is 1.05. The van der Waals surface area contributed by atoms with E-state index in [1.54, 1.807) is 0 Å². The van der Waals surface area contributed by atoms with Gasteiger partial charge >= 0.3 is 0 Å². The molecule has 1 aliphatic rings. The summed E-state index contributed by atoms with van der Waals surface area (Å²) in [5, 5.41) is 7.85. The lowest BCUT2D eigenvalue weighted by Crippen LogP contribution is -2.13. The number of rotatable bonds is 1. The Morgan fingerprint density at radius 3 is 3.17 bits per heavy atom. The van der Waals surface area contributed by atoms with Crippen LogP contribution in [0, 0.1) is 0 Å². The number of hydrogen-bond acceptors (Lipinski definition) is 2. The lowest BCUT2D eigenvalue weighted by molar-refractivity contribution is 0.741. The molecular weight excluding hydrogens is 150 g/mol. The van der Waals surface area contributed by atoms with Crippen molar-refractivity contribution in [3.63, 3.8) is 0 Å². The molecule has 2 rings (SSSR count). The fourth-order valence-electron chi connectivity index (χ4n) is 1.86. The summed E-state index contributed by atoms with van der Waals surface area (Å²) >= 11 is 0. The quantitative estimate of drug-likeness (QED) is 0.680. The van der Waals surface area contributed by atoms with Gasteiger partial charge in [-0.05, 0) is 19.3 Å². The second kappa shape index (κ2) is 2.81. The standard InChI is InChI=1S/C9H15N3/c1-3-8-7-5-4-6-10-9(7)12(2)11-8/h10H,3-6H2,1-2H3. The van der Waals surface area contributed by atoms with E-state index in [0.29, 0.717) is 0 Å². The Morgan fingerprint density at radius 2 is 2.42 bits per heavy atom.